The number of carbonyl (C=O) groups excluding carboxylic acids is 1. The summed E-state index contributed by atoms with van der Waals surface area (Å²) >= 11 is 0. The van der Waals surface area contributed by atoms with Gasteiger partial charge in [-0.15, -0.1) is 0 Å². The molecule has 0 amide bonds. The van der Waals surface area contributed by atoms with E-state index in [0.717, 1.165) is 19.3 Å². The van der Waals surface area contributed by atoms with E-state index in [1.165, 1.54) is 18.6 Å². The molecule has 0 radical (unpaired) electrons. The Bertz CT molecular complexity index is 559. The third-order valence-corrected chi connectivity index (χ3v) is 4.16. The highest BCUT2D eigenvalue weighted by molar-refractivity contribution is 5.96. The molecular weight excluding hydrogens is 284 g/mol. The molecule has 1 saturated carbocycles. The predicted molar refractivity (Wildman–Crippen MR) is 84.1 cm³/mol. The summed E-state index contributed by atoms with van der Waals surface area (Å²) in [5.41, 5.74) is 0.738. The standard InChI is InChI=1S/C16H22N2O4/c1-3-22-16(19)13-10-12(18(20)21)8-9-15(13)17-14-7-5-4-6-11(14)2/h8-11,14,17H,3-7H2,1-2H3/t11-,14+/m0/s1. The van der Waals surface area contributed by atoms with Crippen LogP contribution in [0.3, 0.4) is 0 Å². The first kappa shape index (κ1) is 16.3. The van der Waals surface area contributed by atoms with Gasteiger partial charge in [-0.1, -0.05) is 19.8 Å². The summed E-state index contributed by atoms with van der Waals surface area (Å²) in [4.78, 5) is 22.5. The average Bonchev–Trinajstić information content (AvgIpc) is 2.50. The lowest BCUT2D eigenvalue weighted by Gasteiger charge is -2.30. The van der Waals surface area contributed by atoms with E-state index in [1.54, 1.807) is 13.0 Å². The van der Waals surface area contributed by atoms with Gasteiger partial charge < -0.3 is 10.1 Å². The molecule has 1 aromatic rings. The van der Waals surface area contributed by atoms with Crippen LogP contribution in [0.4, 0.5) is 11.4 Å². The third kappa shape index (κ3) is 3.75. The second kappa shape index (κ2) is 7.24. The van der Waals surface area contributed by atoms with Crippen LogP contribution in [0.15, 0.2) is 18.2 Å². The first-order chi connectivity index (χ1) is 10.5. The minimum atomic E-state index is -0.530. The molecule has 6 heteroatoms. The van der Waals surface area contributed by atoms with Crippen molar-refractivity contribution >= 4 is 17.3 Å². The monoisotopic (exact) mass is 306 g/mol. The molecule has 2 rings (SSSR count). The molecule has 22 heavy (non-hydrogen) atoms. The van der Waals surface area contributed by atoms with E-state index in [-0.39, 0.29) is 23.9 Å². The number of anilines is 1. The molecule has 1 aliphatic rings. The van der Waals surface area contributed by atoms with Crippen LogP contribution in [-0.4, -0.2) is 23.5 Å². The summed E-state index contributed by atoms with van der Waals surface area (Å²) in [5, 5.41) is 14.3. The zero-order valence-electron chi connectivity index (χ0n) is 13.0. The molecule has 0 unspecified atom stereocenters. The van der Waals surface area contributed by atoms with Gasteiger partial charge >= 0.3 is 5.97 Å². The molecule has 1 aliphatic carbocycles. The number of ether oxygens (including phenoxy) is 1. The lowest BCUT2D eigenvalue weighted by atomic mass is 9.85. The topological polar surface area (TPSA) is 81.5 Å². The minimum absolute atomic E-state index is 0.106. The van der Waals surface area contributed by atoms with E-state index >= 15 is 0 Å². The number of hydrogen-bond donors (Lipinski definition) is 1. The Kier molecular flexibility index (Phi) is 5.35. The van der Waals surface area contributed by atoms with Crippen LogP contribution in [-0.2, 0) is 4.74 Å². The Hall–Kier alpha value is -2.11. The minimum Gasteiger partial charge on any atom is -0.462 e. The largest absolute Gasteiger partial charge is 0.462 e. The average molecular weight is 306 g/mol. The number of esters is 1. The first-order valence-corrected chi connectivity index (χ1v) is 7.75. The van der Waals surface area contributed by atoms with Crippen LogP contribution in [0.25, 0.3) is 0 Å². The summed E-state index contributed by atoms with van der Waals surface area (Å²) in [6, 6.07) is 4.58. The Morgan fingerprint density at radius 2 is 2.14 bits per heavy atom. The molecule has 0 heterocycles. The van der Waals surface area contributed by atoms with Crippen molar-refractivity contribution < 1.29 is 14.5 Å². The van der Waals surface area contributed by atoms with Gasteiger partial charge in [0.25, 0.3) is 5.69 Å². The van der Waals surface area contributed by atoms with E-state index < -0.39 is 10.9 Å². The maximum absolute atomic E-state index is 12.1. The fraction of sp³-hybridized carbons (Fsp3) is 0.562. The highest BCUT2D eigenvalue weighted by atomic mass is 16.6. The lowest BCUT2D eigenvalue weighted by molar-refractivity contribution is -0.384. The maximum Gasteiger partial charge on any atom is 0.340 e. The van der Waals surface area contributed by atoms with Crippen LogP contribution in [0, 0.1) is 16.0 Å². The fourth-order valence-corrected chi connectivity index (χ4v) is 2.88. The van der Waals surface area contributed by atoms with Gasteiger partial charge in [-0.05, 0) is 31.7 Å². The highest BCUT2D eigenvalue weighted by Crippen LogP contribution is 2.30. The highest BCUT2D eigenvalue weighted by Gasteiger charge is 2.24. The van der Waals surface area contributed by atoms with Crippen molar-refractivity contribution in [2.75, 3.05) is 11.9 Å². The van der Waals surface area contributed by atoms with E-state index in [1.807, 2.05) is 0 Å². The molecule has 1 N–H and O–H groups in total. The number of nitro benzene ring substituents is 1. The number of non-ortho nitro benzene ring substituents is 1. The van der Waals surface area contributed by atoms with Gasteiger partial charge in [-0.25, -0.2) is 4.79 Å². The number of hydrogen-bond acceptors (Lipinski definition) is 5. The van der Waals surface area contributed by atoms with Crippen molar-refractivity contribution in [1.29, 1.82) is 0 Å². The van der Waals surface area contributed by atoms with Crippen LogP contribution in [0.1, 0.15) is 49.9 Å². The second-order valence-corrected chi connectivity index (χ2v) is 5.72. The van der Waals surface area contributed by atoms with E-state index in [9.17, 15) is 14.9 Å². The van der Waals surface area contributed by atoms with Gasteiger partial charge in [0, 0.05) is 23.9 Å². The van der Waals surface area contributed by atoms with Crippen LogP contribution >= 0.6 is 0 Å². The van der Waals surface area contributed by atoms with Crippen LogP contribution in [0.2, 0.25) is 0 Å². The second-order valence-electron chi connectivity index (χ2n) is 5.72. The number of rotatable bonds is 5. The quantitative estimate of drug-likeness (QED) is 0.509. The van der Waals surface area contributed by atoms with Gasteiger partial charge in [0.2, 0.25) is 0 Å². The summed E-state index contributed by atoms with van der Waals surface area (Å²) in [5.74, 6) is -0.0175. The normalized spacial score (nSPS) is 21.2. The fourth-order valence-electron chi connectivity index (χ4n) is 2.88. The maximum atomic E-state index is 12.1. The smallest absolute Gasteiger partial charge is 0.340 e. The zero-order chi connectivity index (χ0) is 16.1. The van der Waals surface area contributed by atoms with Crippen molar-refractivity contribution in [3.05, 3.63) is 33.9 Å². The number of nitro groups is 1. The third-order valence-electron chi connectivity index (χ3n) is 4.16. The summed E-state index contributed by atoms with van der Waals surface area (Å²) < 4.78 is 5.02. The van der Waals surface area contributed by atoms with Gasteiger partial charge in [0.15, 0.2) is 0 Å². The molecule has 0 aromatic heterocycles. The number of nitrogens with one attached hydrogen (secondary N) is 1. The zero-order valence-corrected chi connectivity index (χ0v) is 13.0. The molecule has 1 fully saturated rings. The van der Waals surface area contributed by atoms with Gasteiger partial charge in [0.05, 0.1) is 17.1 Å². The Morgan fingerprint density at radius 3 is 2.77 bits per heavy atom. The summed E-state index contributed by atoms with van der Waals surface area (Å²) in [7, 11) is 0. The summed E-state index contributed by atoms with van der Waals surface area (Å²) in [6.45, 7) is 4.14. The predicted octanol–water partition coefficient (Wildman–Crippen LogP) is 3.76. The molecule has 0 saturated heterocycles. The Labute approximate surface area is 130 Å². The van der Waals surface area contributed by atoms with Gasteiger partial charge in [-0.3, -0.25) is 10.1 Å². The first-order valence-electron chi connectivity index (χ1n) is 7.75. The lowest BCUT2D eigenvalue weighted by Crippen LogP contribution is -2.31. The Morgan fingerprint density at radius 1 is 1.41 bits per heavy atom. The molecule has 0 bridgehead atoms. The molecular formula is C16H22N2O4. The summed E-state index contributed by atoms with van der Waals surface area (Å²) in [6.07, 6.45) is 4.58. The molecule has 6 nitrogen and oxygen atoms in total. The van der Waals surface area contributed by atoms with Crippen molar-refractivity contribution in [1.82, 2.24) is 0 Å². The number of nitrogens with zero attached hydrogens (tertiary/aromatic N) is 1. The van der Waals surface area contributed by atoms with E-state index in [0.29, 0.717) is 11.6 Å². The van der Waals surface area contributed by atoms with E-state index in [2.05, 4.69) is 12.2 Å². The van der Waals surface area contributed by atoms with Crippen LogP contribution < -0.4 is 5.32 Å². The van der Waals surface area contributed by atoms with Crippen molar-refractivity contribution in [3.8, 4) is 0 Å². The SMILES string of the molecule is CCOC(=O)c1cc([N+](=O)[O-])ccc1N[C@@H]1CCCC[C@@H]1C. The van der Waals surface area contributed by atoms with Crippen molar-refractivity contribution in [2.45, 2.75) is 45.6 Å². The van der Waals surface area contributed by atoms with Crippen LogP contribution in [0.5, 0.6) is 0 Å². The molecule has 1 aromatic carbocycles. The van der Waals surface area contributed by atoms with Gasteiger partial charge in [-0.2, -0.15) is 0 Å². The van der Waals surface area contributed by atoms with E-state index in [4.69, 9.17) is 4.74 Å². The molecule has 2 atom stereocenters. The number of benzene rings is 1. The number of carbonyl (C=O) groups is 1. The van der Waals surface area contributed by atoms with Crippen molar-refractivity contribution in [2.24, 2.45) is 5.92 Å². The molecule has 0 spiro atoms. The molecule has 0 aliphatic heterocycles. The van der Waals surface area contributed by atoms with Crippen molar-refractivity contribution in [3.63, 3.8) is 0 Å². The Balaban J connectivity index is 2.28. The molecule has 120 valence electrons. The van der Waals surface area contributed by atoms with Gasteiger partial charge in [0.1, 0.15) is 0 Å².